The summed E-state index contributed by atoms with van der Waals surface area (Å²) in [5.41, 5.74) is 1.08. The number of hydrogen-bond donors (Lipinski definition) is 0. The van der Waals surface area contributed by atoms with Crippen LogP contribution in [0.1, 0.15) is 23.1 Å². The van der Waals surface area contributed by atoms with Crippen LogP contribution in [0.5, 0.6) is 0 Å². The van der Waals surface area contributed by atoms with E-state index in [2.05, 4.69) is 14.5 Å². The first-order valence-corrected chi connectivity index (χ1v) is 6.93. The molecule has 0 N–H and O–H groups in total. The highest BCUT2D eigenvalue weighted by Gasteiger charge is 2.13. The fourth-order valence-electron chi connectivity index (χ4n) is 1.39. The van der Waals surface area contributed by atoms with Crippen LogP contribution in [0.25, 0.3) is 0 Å². The minimum Gasteiger partial charge on any atom is -0.469 e. The standard InChI is InChI=1S/C13H17NO4S/c1-9(12(15)17-2)7-19-8-10-5-4-6-11(14-10)13(16)18-3/h4-6,9H,7-8H2,1-3H3. The molecular weight excluding hydrogens is 266 g/mol. The van der Waals surface area contributed by atoms with Crippen LogP contribution in [0.15, 0.2) is 18.2 Å². The number of ether oxygens (including phenoxy) is 2. The number of pyridine rings is 1. The van der Waals surface area contributed by atoms with Crippen LogP contribution in [-0.4, -0.2) is 36.9 Å². The normalized spacial score (nSPS) is 11.7. The summed E-state index contributed by atoms with van der Waals surface area (Å²) in [5.74, 6) is 0.459. The predicted molar refractivity (Wildman–Crippen MR) is 72.9 cm³/mol. The molecule has 0 radical (unpaired) electrons. The van der Waals surface area contributed by atoms with Crippen molar-refractivity contribution in [3.05, 3.63) is 29.6 Å². The van der Waals surface area contributed by atoms with Crippen molar-refractivity contribution in [3.8, 4) is 0 Å². The Morgan fingerprint density at radius 1 is 1.32 bits per heavy atom. The topological polar surface area (TPSA) is 65.5 Å². The van der Waals surface area contributed by atoms with E-state index >= 15 is 0 Å². The van der Waals surface area contributed by atoms with Gasteiger partial charge in [0.1, 0.15) is 5.69 Å². The van der Waals surface area contributed by atoms with Gasteiger partial charge in [-0.05, 0) is 12.1 Å². The molecular formula is C13H17NO4S. The highest BCUT2D eigenvalue weighted by Crippen LogP contribution is 2.15. The average molecular weight is 283 g/mol. The van der Waals surface area contributed by atoms with Crippen molar-refractivity contribution in [1.29, 1.82) is 0 Å². The van der Waals surface area contributed by atoms with Crippen molar-refractivity contribution < 1.29 is 19.1 Å². The molecule has 0 amide bonds. The van der Waals surface area contributed by atoms with E-state index in [1.165, 1.54) is 14.2 Å². The molecule has 1 aromatic rings. The summed E-state index contributed by atoms with van der Waals surface area (Å²) in [5, 5.41) is 0. The van der Waals surface area contributed by atoms with E-state index in [0.29, 0.717) is 17.2 Å². The summed E-state index contributed by atoms with van der Waals surface area (Å²) in [7, 11) is 2.70. The van der Waals surface area contributed by atoms with E-state index in [4.69, 9.17) is 0 Å². The average Bonchev–Trinajstić information content (AvgIpc) is 2.45. The highest BCUT2D eigenvalue weighted by molar-refractivity contribution is 7.98. The third-order valence-electron chi connectivity index (χ3n) is 2.42. The molecule has 0 bridgehead atoms. The van der Waals surface area contributed by atoms with Crippen LogP contribution in [0.4, 0.5) is 0 Å². The number of carbonyl (C=O) groups is 2. The van der Waals surface area contributed by atoms with Gasteiger partial charge in [0, 0.05) is 11.5 Å². The molecule has 0 saturated carbocycles. The Labute approximate surface area is 116 Å². The Balaban J connectivity index is 2.50. The molecule has 0 fully saturated rings. The summed E-state index contributed by atoms with van der Waals surface area (Å²) >= 11 is 1.57. The third kappa shape index (κ3) is 4.90. The van der Waals surface area contributed by atoms with Crippen LogP contribution in [0.2, 0.25) is 0 Å². The summed E-state index contributed by atoms with van der Waals surface area (Å²) in [6.45, 7) is 1.82. The molecule has 19 heavy (non-hydrogen) atoms. The van der Waals surface area contributed by atoms with Crippen LogP contribution in [0.3, 0.4) is 0 Å². The van der Waals surface area contributed by atoms with Crippen molar-refractivity contribution in [2.75, 3.05) is 20.0 Å². The summed E-state index contributed by atoms with van der Waals surface area (Å²) in [4.78, 5) is 26.7. The van der Waals surface area contributed by atoms with Crippen molar-refractivity contribution >= 4 is 23.7 Å². The van der Waals surface area contributed by atoms with Crippen LogP contribution in [0, 0.1) is 5.92 Å². The fourth-order valence-corrected chi connectivity index (χ4v) is 2.37. The molecule has 0 spiro atoms. The quantitative estimate of drug-likeness (QED) is 0.743. The lowest BCUT2D eigenvalue weighted by atomic mass is 10.2. The maximum absolute atomic E-state index is 11.3. The summed E-state index contributed by atoms with van der Waals surface area (Å²) < 4.78 is 9.26. The fraction of sp³-hybridized carbons (Fsp3) is 0.462. The number of hydrogen-bond acceptors (Lipinski definition) is 6. The number of rotatable bonds is 6. The third-order valence-corrected chi connectivity index (χ3v) is 3.66. The lowest BCUT2D eigenvalue weighted by Crippen LogP contribution is -2.15. The Kier molecular flexibility index (Phi) is 6.35. The first-order chi connectivity index (χ1) is 9.08. The molecule has 1 rings (SSSR count). The zero-order valence-corrected chi connectivity index (χ0v) is 12.0. The van der Waals surface area contributed by atoms with Gasteiger partial charge in [-0.25, -0.2) is 9.78 Å². The molecule has 1 atom stereocenters. The van der Waals surface area contributed by atoms with Gasteiger partial charge in [0.25, 0.3) is 0 Å². The van der Waals surface area contributed by atoms with Crippen molar-refractivity contribution in [2.45, 2.75) is 12.7 Å². The van der Waals surface area contributed by atoms with Gasteiger partial charge in [-0.15, -0.1) is 0 Å². The lowest BCUT2D eigenvalue weighted by Gasteiger charge is -2.08. The second-order valence-corrected chi connectivity index (χ2v) is 4.98. The summed E-state index contributed by atoms with van der Waals surface area (Å²) in [6, 6.07) is 5.21. The molecule has 0 aliphatic heterocycles. The number of carbonyl (C=O) groups excluding carboxylic acids is 2. The predicted octanol–water partition coefficient (Wildman–Crippen LogP) is 1.91. The van der Waals surface area contributed by atoms with Gasteiger partial charge >= 0.3 is 11.9 Å². The van der Waals surface area contributed by atoms with E-state index in [-0.39, 0.29) is 11.9 Å². The molecule has 6 heteroatoms. The number of nitrogens with zero attached hydrogens (tertiary/aromatic N) is 1. The number of aromatic nitrogens is 1. The first-order valence-electron chi connectivity index (χ1n) is 5.78. The molecule has 1 heterocycles. The number of esters is 2. The summed E-state index contributed by atoms with van der Waals surface area (Å²) in [6.07, 6.45) is 0. The van der Waals surface area contributed by atoms with Gasteiger partial charge < -0.3 is 9.47 Å². The SMILES string of the molecule is COC(=O)c1cccc(CSCC(C)C(=O)OC)n1. The van der Waals surface area contributed by atoms with E-state index < -0.39 is 5.97 Å². The lowest BCUT2D eigenvalue weighted by molar-refractivity contribution is -0.144. The molecule has 5 nitrogen and oxygen atoms in total. The van der Waals surface area contributed by atoms with Gasteiger partial charge in [-0.1, -0.05) is 13.0 Å². The monoisotopic (exact) mass is 283 g/mol. The minimum absolute atomic E-state index is 0.154. The van der Waals surface area contributed by atoms with Crippen LogP contribution < -0.4 is 0 Å². The Hall–Kier alpha value is -1.56. The minimum atomic E-state index is -0.449. The second-order valence-electron chi connectivity index (χ2n) is 3.95. The van der Waals surface area contributed by atoms with Gasteiger partial charge in [-0.2, -0.15) is 11.8 Å². The first kappa shape index (κ1) is 15.5. The van der Waals surface area contributed by atoms with E-state index in [1.54, 1.807) is 23.9 Å². The van der Waals surface area contributed by atoms with Gasteiger partial charge in [0.05, 0.1) is 25.8 Å². The molecule has 0 aliphatic carbocycles. The van der Waals surface area contributed by atoms with Crippen LogP contribution in [-0.2, 0) is 20.0 Å². The van der Waals surface area contributed by atoms with Gasteiger partial charge in [-0.3, -0.25) is 4.79 Å². The van der Waals surface area contributed by atoms with E-state index in [0.717, 1.165) is 5.69 Å². The zero-order valence-electron chi connectivity index (χ0n) is 11.2. The van der Waals surface area contributed by atoms with E-state index in [9.17, 15) is 9.59 Å². The smallest absolute Gasteiger partial charge is 0.356 e. The second kappa shape index (κ2) is 7.78. The maximum Gasteiger partial charge on any atom is 0.356 e. The highest BCUT2D eigenvalue weighted by atomic mass is 32.2. The van der Waals surface area contributed by atoms with Crippen molar-refractivity contribution in [1.82, 2.24) is 4.98 Å². The van der Waals surface area contributed by atoms with E-state index in [1.807, 2.05) is 13.0 Å². The Morgan fingerprint density at radius 3 is 2.68 bits per heavy atom. The van der Waals surface area contributed by atoms with Crippen molar-refractivity contribution in [3.63, 3.8) is 0 Å². The van der Waals surface area contributed by atoms with Crippen LogP contribution >= 0.6 is 11.8 Å². The molecule has 104 valence electrons. The van der Waals surface area contributed by atoms with Crippen molar-refractivity contribution in [2.24, 2.45) is 5.92 Å². The zero-order chi connectivity index (χ0) is 14.3. The van der Waals surface area contributed by atoms with Gasteiger partial charge in [0.2, 0.25) is 0 Å². The maximum atomic E-state index is 11.3. The molecule has 1 unspecified atom stereocenters. The molecule has 0 aliphatic rings. The largest absolute Gasteiger partial charge is 0.469 e. The number of methoxy groups -OCH3 is 2. The Morgan fingerprint density at radius 2 is 2.05 bits per heavy atom. The van der Waals surface area contributed by atoms with Gasteiger partial charge in [0.15, 0.2) is 0 Å². The molecule has 0 saturated heterocycles. The number of thioether (sulfide) groups is 1. The molecule has 1 aromatic heterocycles. The Bertz CT molecular complexity index is 450. The molecule has 0 aromatic carbocycles.